The van der Waals surface area contributed by atoms with Gasteiger partial charge in [0.2, 0.25) is 5.91 Å². The predicted octanol–water partition coefficient (Wildman–Crippen LogP) is 3.27. The highest BCUT2D eigenvalue weighted by molar-refractivity contribution is 5.94. The molecule has 0 saturated carbocycles. The van der Waals surface area contributed by atoms with Crippen LogP contribution in [0, 0.1) is 5.41 Å². The molecule has 2 aromatic rings. The van der Waals surface area contributed by atoms with E-state index in [9.17, 15) is 9.59 Å². The average molecular weight is 427 g/mol. The summed E-state index contributed by atoms with van der Waals surface area (Å²) in [6.45, 7) is 3.43. The van der Waals surface area contributed by atoms with E-state index in [2.05, 4.69) is 5.32 Å². The van der Waals surface area contributed by atoms with E-state index in [1.165, 1.54) is 0 Å². The van der Waals surface area contributed by atoms with Crippen molar-refractivity contribution < 1.29 is 23.8 Å². The molecule has 31 heavy (non-hydrogen) atoms. The highest BCUT2D eigenvalue weighted by Gasteiger charge is 2.38. The molecule has 3 rings (SSSR count). The lowest BCUT2D eigenvalue weighted by Crippen LogP contribution is -2.48. The van der Waals surface area contributed by atoms with Gasteiger partial charge in [-0.05, 0) is 54.8 Å². The van der Waals surface area contributed by atoms with Crippen LogP contribution in [-0.4, -0.2) is 51.1 Å². The molecule has 1 aliphatic heterocycles. The second-order valence-electron chi connectivity index (χ2n) is 7.98. The lowest BCUT2D eigenvalue weighted by Gasteiger charge is -2.38. The maximum Gasteiger partial charge on any atom is 0.253 e. The molecule has 0 aliphatic carbocycles. The SMILES string of the molecule is COc1ccc(C(=O)N2CCC(C)(C(=O)NCc3cc(OC)cc(OC)c3)CC2)cc1. The molecule has 7 heteroatoms. The summed E-state index contributed by atoms with van der Waals surface area (Å²) in [7, 11) is 4.79. The number of benzene rings is 2. The first-order valence-electron chi connectivity index (χ1n) is 10.3. The Labute approximate surface area is 183 Å². The van der Waals surface area contributed by atoms with Crippen molar-refractivity contribution in [3.05, 3.63) is 53.6 Å². The van der Waals surface area contributed by atoms with Gasteiger partial charge in [0.15, 0.2) is 0 Å². The minimum absolute atomic E-state index is 0.00849. The van der Waals surface area contributed by atoms with Crippen molar-refractivity contribution in [1.29, 1.82) is 0 Å². The Morgan fingerprint density at radius 2 is 1.45 bits per heavy atom. The third kappa shape index (κ3) is 5.29. The van der Waals surface area contributed by atoms with E-state index in [1.807, 2.05) is 24.0 Å². The molecule has 7 nitrogen and oxygen atoms in total. The van der Waals surface area contributed by atoms with Crippen molar-refractivity contribution >= 4 is 11.8 Å². The number of rotatable bonds is 7. The Kier molecular flexibility index (Phi) is 7.05. The molecule has 1 saturated heterocycles. The summed E-state index contributed by atoms with van der Waals surface area (Å²) >= 11 is 0. The smallest absolute Gasteiger partial charge is 0.253 e. The van der Waals surface area contributed by atoms with Gasteiger partial charge < -0.3 is 24.4 Å². The molecule has 1 heterocycles. The zero-order valence-corrected chi connectivity index (χ0v) is 18.6. The van der Waals surface area contributed by atoms with E-state index in [1.54, 1.807) is 51.7 Å². The van der Waals surface area contributed by atoms with Gasteiger partial charge in [0.1, 0.15) is 17.2 Å². The van der Waals surface area contributed by atoms with Crippen molar-refractivity contribution in [2.45, 2.75) is 26.3 Å². The number of ether oxygens (including phenoxy) is 3. The van der Waals surface area contributed by atoms with Crippen molar-refractivity contribution in [3.63, 3.8) is 0 Å². The van der Waals surface area contributed by atoms with Crippen LogP contribution in [0.1, 0.15) is 35.7 Å². The number of hydrogen-bond donors (Lipinski definition) is 1. The summed E-state index contributed by atoms with van der Waals surface area (Å²) in [5, 5.41) is 3.03. The Morgan fingerprint density at radius 1 is 0.903 bits per heavy atom. The fraction of sp³-hybridized carbons (Fsp3) is 0.417. The van der Waals surface area contributed by atoms with E-state index in [4.69, 9.17) is 14.2 Å². The van der Waals surface area contributed by atoms with Gasteiger partial charge in [0.25, 0.3) is 5.91 Å². The fourth-order valence-corrected chi connectivity index (χ4v) is 3.71. The van der Waals surface area contributed by atoms with Crippen molar-refractivity contribution in [1.82, 2.24) is 10.2 Å². The lowest BCUT2D eigenvalue weighted by molar-refractivity contribution is -0.132. The summed E-state index contributed by atoms with van der Waals surface area (Å²) in [6, 6.07) is 12.6. The van der Waals surface area contributed by atoms with E-state index in [0.717, 1.165) is 5.56 Å². The van der Waals surface area contributed by atoms with Gasteiger partial charge in [-0.2, -0.15) is 0 Å². The van der Waals surface area contributed by atoms with Crippen LogP contribution < -0.4 is 19.5 Å². The van der Waals surface area contributed by atoms with Gasteiger partial charge in [0, 0.05) is 36.7 Å². The largest absolute Gasteiger partial charge is 0.497 e. The van der Waals surface area contributed by atoms with Crippen LogP contribution in [-0.2, 0) is 11.3 Å². The second kappa shape index (κ2) is 9.73. The van der Waals surface area contributed by atoms with Crippen LogP contribution in [0.5, 0.6) is 17.2 Å². The van der Waals surface area contributed by atoms with Gasteiger partial charge >= 0.3 is 0 Å². The molecular weight excluding hydrogens is 396 g/mol. The highest BCUT2D eigenvalue weighted by atomic mass is 16.5. The molecule has 1 aliphatic rings. The van der Waals surface area contributed by atoms with Crippen molar-refractivity contribution in [2.24, 2.45) is 5.41 Å². The summed E-state index contributed by atoms with van der Waals surface area (Å²) in [5.41, 5.74) is 1.01. The molecule has 0 spiro atoms. The Hall–Kier alpha value is -3.22. The number of likely N-dealkylation sites (tertiary alicyclic amines) is 1. The predicted molar refractivity (Wildman–Crippen MR) is 118 cm³/mol. The second-order valence-corrected chi connectivity index (χ2v) is 7.98. The minimum atomic E-state index is -0.514. The number of hydrogen-bond acceptors (Lipinski definition) is 5. The Balaban J connectivity index is 1.57. The van der Waals surface area contributed by atoms with Crippen LogP contribution >= 0.6 is 0 Å². The van der Waals surface area contributed by atoms with E-state index < -0.39 is 5.41 Å². The molecule has 166 valence electrons. The van der Waals surface area contributed by atoms with Crippen LogP contribution in [0.15, 0.2) is 42.5 Å². The first kappa shape index (κ1) is 22.5. The molecule has 2 amide bonds. The molecule has 1 N–H and O–H groups in total. The number of amides is 2. The molecule has 2 aromatic carbocycles. The van der Waals surface area contributed by atoms with Gasteiger partial charge in [0.05, 0.1) is 21.3 Å². The Bertz CT molecular complexity index is 896. The van der Waals surface area contributed by atoms with Gasteiger partial charge in [-0.15, -0.1) is 0 Å². The monoisotopic (exact) mass is 426 g/mol. The third-order valence-electron chi connectivity index (χ3n) is 5.90. The molecule has 0 radical (unpaired) electrons. The number of nitrogens with one attached hydrogen (secondary N) is 1. The average Bonchev–Trinajstić information content (AvgIpc) is 2.82. The van der Waals surface area contributed by atoms with E-state index in [0.29, 0.717) is 55.3 Å². The number of piperidine rings is 1. The molecule has 0 unspecified atom stereocenters. The normalized spacial score (nSPS) is 15.2. The number of nitrogens with zero attached hydrogens (tertiary/aromatic N) is 1. The molecule has 0 bridgehead atoms. The van der Waals surface area contributed by atoms with Crippen molar-refractivity contribution in [3.8, 4) is 17.2 Å². The van der Waals surface area contributed by atoms with Crippen molar-refractivity contribution in [2.75, 3.05) is 34.4 Å². The molecular formula is C24H30N2O5. The van der Waals surface area contributed by atoms with Crippen LogP contribution in [0.25, 0.3) is 0 Å². The maximum absolute atomic E-state index is 12.9. The highest BCUT2D eigenvalue weighted by Crippen LogP contribution is 2.32. The van der Waals surface area contributed by atoms with Crippen LogP contribution in [0.3, 0.4) is 0 Å². The summed E-state index contributed by atoms with van der Waals surface area (Å²) in [4.78, 5) is 27.5. The first-order valence-corrected chi connectivity index (χ1v) is 10.3. The summed E-state index contributed by atoms with van der Waals surface area (Å²) < 4.78 is 15.7. The van der Waals surface area contributed by atoms with E-state index in [-0.39, 0.29) is 11.8 Å². The van der Waals surface area contributed by atoms with Crippen LogP contribution in [0.4, 0.5) is 0 Å². The number of carbonyl (C=O) groups excluding carboxylic acids is 2. The topological polar surface area (TPSA) is 77.1 Å². The lowest BCUT2D eigenvalue weighted by atomic mass is 9.79. The summed E-state index contributed by atoms with van der Waals surface area (Å²) in [5.74, 6) is 2.05. The minimum Gasteiger partial charge on any atom is -0.497 e. The zero-order valence-electron chi connectivity index (χ0n) is 18.6. The number of methoxy groups -OCH3 is 3. The standard InChI is InChI=1S/C24H30N2O5/c1-24(23(28)25-16-17-13-20(30-3)15-21(14-17)31-4)9-11-26(12-10-24)22(27)18-5-7-19(29-2)8-6-18/h5-8,13-15H,9-12,16H2,1-4H3,(H,25,28). The van der Waals surface area contributed by atoms with Gasteiger partial charge in [-0.25, -0.2) is 0 Å². The van der Waals surface area contributed by atoms with Gasteiger partial charge in [-0.1, -0.05) is 6.92 Å². The zero-order chi connectivity index (χ0) is 22.4. The fourth-order valence-electron chi connectivity index (χ4n) is 3.71. The van der Waals surface area contributed by atoms with Gasteiger partial charge in [-0.3, -0.25) is 9.59 Å². The number of carbonyl (C=O) groups is 2. The third-order valence-corrected chi connectivity index (χ3v) is 5.90. The van der Waals surface area contributed by atoms with Crippen LogP contribution in [0.2, 0.25) is 0 Å². The molecule has 1 fully saturated rings. The first-order chi connectivity index (χ1) is 14.9. The quantitative estimate of drug-likeness (QED) is 0.735. The maximum atomic E-state index is 12.9. The summed E-state index contributed by atoms with van der Waals surface area (Å²) in [6.07, 6.45) is 1.23. The molecule has 0 atom stereocenters. The Morgan fingerprint density at radius 3 is 1.97 bits per heavy atom. The van der Waals surface area contributed by atoms with E-state index >= 15 is 0 Å². The molecule has 0 aromatic heterocycles.